The summed E-state index contributed by atoms with van der Waals surface area (Å²) in [5.74, 6) is 1.57. The van der Waals surface area contributed by atoms with E-state index >= 15 is 0 Å². The van der Waals surface area contributed by atoms with Crippen LogP contribution in [-0.4, -0.2) is 38.8 Å². The number of benzene rings is 1. The second-order valence-electron chi connectivity index (χ2n) is 4.74. The first-order valence-corrected chi connectivity index (χ1v) is 8.26. The summed E-state index contributed by atoms with van der Waals surface area (Å²) in [6.07, 6.45) is 2.26. The molecular formula is C13H18ClNO3S. The Hall–Kier alpha value is -0.780. The molecule has 0 spiro atoms. The van der Waals surface area contributed by atoms with E-state index in [2.05, 4.69) is 0 Å². The van der Waals surface area contributed by atoms with Crippen LogP contribution in [-0.2, 0) is 10.0 Å². The van der Waals surface area contributed by atoms with E-state index in [1.165, 1.54) is 4.31 Å². The van der Waals surface area contributed by atoms with Gasteiger partial charge in [0.2, 0.25) is 10.0 Å². The van der Waals surface area contributed by atoms with Gasteiger partial charge in [-0.15, -0.1) is 11.6 Å². The summed E-state index contributed by atoms with van der Waals surface area (Å²) in [5.41, 5.74) is 0. The van der Waals surface area contributed by atoms with Crippen molar-refractivity contribution in [1.82, 2.24) is 4.31 Å². The molecule has 4 nitrogen and oxygen atoms in total. The van der Waals surface area contributed by atoms with Crippen LogP contribution in [0.15, 0.2) is 29.2 Å². The Morgan fingerprint density at radius 1 is 1.32 bits per heavy atom. The van der Waals surface area contributed by atoms with Gasteiger partial charge in [0.05, 0.1) is 10.8 Å². The van der Waals surface area contributed by atoms with E-state index in [1.54, 1.807) is 31.3 Å². The van der Waals surface area contributed by atoms with Crippen LogP contribution in [0.4, 0.5) is 0 Å². The van der Waals surface area contributed by atoms with Crippen LogP contribution in [0.3, 0.4) is 0 Å². The van der Waals surface area contributed by atoms with E-state index in [9.17, 15) is 8.42 Å². The maximum absolute atomic E-state index is 12.3. The molecule has 1 aliphatic rings. The lowest BCUT2D eigenvalue weighted by Crippen LogP contribution is -2.28. The Morgan fingerprint density at radius 3 is 2.47 bits per heavy atom. The fourth-order valence-electron chi connectivity index (χ4n) is 1.81. The van der Waals surface area contributed by atoms with Gasteiger partial charge in [0.1, 0.15) is 12.4 Å². The summed E-state index contributed by atoms with van der Waals surface area (Å²) in [6, 6.07) is 6.46. The predicted octanol–water partition coefficient (Wildman–Crippen LogP) is 2.33. The maximum Gasteiger partial charge on any atom is 0.242 e. The van der Waals surface area contributed by atoms with Crippen molar-refractivity contribution in [3.05, 3.63) is 24.3 Å². The molecule has 0 heterocycles. The highest BCUT2D eigenvalue weighted by Gasteiger charge is 2.29. The molecule has 1 saturated carbocycles. The van der Waals surface area contributed by atoms with Gasteiger partial charge in [-0.3, -0.25) is 0 Å². The number of rotatable bonds is 7. The number of halogens is 1. The van der Waals surface area contributed by atoms with Crippen LogP contribution < -0.4 is 4.74 Å². The highest BCUT2D eigenvalue weighted by Crippen LogP contribution is 2.31. The molecule has 0 atom stereocenters. The van der Waals surface area contributed by atoms with Crippen LogP contribution >= 0.6 is 11.6 Å². The van der Waals surface area contributed by atoms with Crippen molar-refractivity contribution in [3.8, 4) is 5.75 Å². The smallest absolute Gasteiger partial charge is 0.242 e. The third-order valence-electron chi connectivity index (χ3n) is 3.09. The average Bonchev–Trinajstić information content (AvgIpc) is 3.20. The number of sulfonamides is 1. The summed E-state index contributed by atoms with van der Waals surface area (Å²) >= 11 is 5.52. The first-order valence-electron chi connectivity index (χ1n) is 6.29. The second-order valence-corrected chi connectivity index (χ2v) is 7.16. The van der Waals surface area contributed by atoms with E-state index in [0.717, 1.165) is 12.8 Å². The Kier molecular flexibility index (Phi) is 4.71. The van der Waals surface area contributed by atoms with Crippen molar-refractivity contribution in [1.29, 1.82) is 0 Å². The topological polar surface area (TPSA) is 46.6 Å². The quantitative estimate of drug-likeness (QED) is 0.726. The van der Waals surface area contributed by atoms with Crippen molar-refractivity contribution in [2.24, 2.45) is 5.92 Å². The van der Waals surface area contributed by atoms with Crippen LogP contribution in [0.5, 0.6) is 5.75 Å². The highest BCUT2D eigenvalue weighted by atomic mass is 35.5. The zero-order valence-electron chi connectivity index (χ0n) is 10.9. The standard InChI is InChI=1S/C13H18ClNO3S/c1-15(10-11-2-3-11)19(16,17)13-6-4-12(5-7-13)18-9-8-14/h4-7,11H,2-3,8-10H2,1H3. The summed E-state index contributed by atoms with van der Waals surface area (Å²) < 4.78 is 31.3. The Bertz CT molecular complexity index is 511. The molecule has 0 aliphatic heterocycles. The van der Waals surface area contributed by atoms with E-state index in [1.807, 2.05) is 0 Å². The first-order chi connectivity index (χ1) is 9.04. The van der Waals surface area contributed by atoms with Gasteiger partial charge in [-0.25, -0.2) is 12.7 Å². The van der Waals surface area contributed by atoms with Crippen molar-refractivity contribution < 1.29 is 13.2 Å². The minimum atomic E-state index is -3.38. The SMILES string of the molecule is CN(CC1CC1)S(=O)(=O)c1ccc(OCCCl)cc1. The van der Waals surface area contributed by atoms with Crippen LogP contribution in [0.25, 0.3) is 0 Å². The lowest BCUT2D eigenvalue weighted by molar-refractivity contribution is 0.342. The maximum atomic E-state index is 12.3. The molecule has 1 fully saturated rings. The van der Waals surface area contributed by atoms with Gasteiger partial charge in [-0.05, 0) is 43.0 Å². The third-order valence-corrected chi connectivity index (χ3v) is 5.08. The fraction of sp³-hybridized carbons (Fsp3) is 0.538. The molecule has 0 saturated heterocycles. The van der Waals surface area contributed by atoms with E-state index in [0.29, 0.717) is 35.6 Å². The number of hydrogen-bond acceptors (Lipinski definition) is 3. The molecule has 1 aromatic carbocycles. The zero-order chi connectivity index (χ0) is 13.9. The molecular weight excluding hydrogens is 286 g/mol. The van der Waals surface area contributed by atoms with Gasteiger partial charge >= 0.3 is 0 Å². The molecule has 1 aromatic rings. The normalized spacial score (nSPS) is 15.7. The molecule has 0 amide bonds. The summed E-state index contributed by atoms with van der Waals surface area (Å²) in [6.45, 7) is 1.02. The van der Waals surface area contributed by atoms with Crippen molar-refractivity contribution in [2.75, 3.05) is 26.1 Å². The summed E-state index contributed by atoms with van der Waals surface area (Å²) in [7, 11) is -1.75. The van der Waals surface area contributed by atoms with Crippen LogP contribution in [0.2, 0.25) is 0 Å². The molecule has 0 unspecified atom stereocenters. The monoisotopic (exact) mass is 303 g/mol. The number of hydrogen-bond donors (Lipinski definition) is 0. The van der Waals surface area contributed by atoms with E-state index < -0.39 is 10.0 Å². The third kappa shape index (κ3) is 3.84. The fourth-order valence-corrected chi connectivity index (χ4v) is 3.13. The van der Waals surface area contributed by atoms with Crippen molar-refractivity contribution in [3.63, 3.8) is 0 Å². The molecule has 0 aromatic heterocycles. The van der Waals surface area contributed by atoms with Gasteiger partial charge in [0.25, 0.3) is 0 Å². The van der Waals surface area contributed by atoms with E-state index in [-0.39, 0.29) is 0 Å². The van der Waals surface area contributed by atoms with Crippen LogP contribution in [0.1, 0.15) is 12.8 Å². The Labute approximate surface area is 119 Å². The van der Waals surface area contributed by atoms with Crippen molar-refractivity contribution >= 4 is 21.6 Å². The minimum absolute atomic E-state index is 0.300. The average molecular weight is 304 g/mol. The molecule has 19 heavy (non-hydrogen) atoms. The molecule has 0 bridgehead atoms. The van der Waals surface area contributed by atoms with Gasteiger partial charge in [-0.1, -0.05) is 0 Å². The summed E-state index contributed by atoms with van der Waals surface area (Å²) in [5, 5.41) is 0. The molecule has 106 valence electrons. The number of alkyl halides is 1. The largest absolute Gasteiger partial charge is 0.492 e. The number of nitrogens with zero attached hydrogens (tertiary/aromatic N) is 1. The van der Waals surface area contributed by atoms with Gasteiger partial charge in [0, 0.05) is 13.6 Å². The molecule has 0 N–H and O–H groups in total. The van der Waals surface area contributed by atoms with E-state index in [4.69, 9.17) is 16.3 Å². The predicted molar refractivity (Wildman–Crippen MR) is 75.2 cm³/mol. The Morgan fingerprint density at radius 2 is 1.95 bits per heavy atom. The lowest BCUT2D eigenvalue weighted by atomic mass is 10.3. The van der Waals surface area contributed by atoms with Gasteiger partial charge in [0.15, 0.2) is 0 Å². The van der Waals surface area contributed by atoms with Crippen molar-refractivity contribution in [2.45, 2.75) is 17.7 Å². The Balaban J connectivity index is 2.06. The first kappa shape index (κ1) is 14.6. The molecule has 0 radical (unpaired) electrons. The van der Waals surface area contributed by atoms with Gasteiger partial charge < -0.3 is 4.74 Å². The molecule has 1 aliphatic carbocycles. The van der Waals surface area contributed by atoms with Crippen LogP contribution in [0, 0.1) is 5.92 Å². The van der Waals surface area contributed by atoms with Gasteiger partial charge in [-0.2, -0.15) is 0 Å². The molecule has 2 rings (SSSR count). The zero-order valence-corrected chi connectivity index (χ0v) is 12.5. The highest BCUT2D eigenvalue weighted by molar-refractivity contribution is 7.89. The number of ether oxygens (including phenoxy) is 1. The molecule has 6 heteroatoms. The minimum Gasteiger partial charge on any atom is -0.492 e. The summed E-state index contributed by atoms with van der Waals surface area (Å²) in [4.78, 5) is 0.300. The lowest BCUT2D eigenvalue weighted by Gasteiger charge is -2.17. The second kappa shape index (κ2) is 6.11.